The standard InChI is InChI=1S/C6H10O2.C4H6O2/c1-4-5(2)6(7)8-3;1-2-3-4(5)6/h2,4H2,1,3H3;2H,1,3H2,(H,5,6). The summed E-state index contributed by atoms with van der Waals surface area (Å²) in [5.74, 6) is -1.14. The molecular weight excluding hydrogens is 184 g/mol. The van der Waals surface area contributed by atoms with Crippen LogP contribution in [0.1, 0.15) is 19.8 Å². The lowest BCUT2D eigenvalue weighted by atomic mass is 10.2. The molecule has 0 unspecified atom stereocenters. The molecule has 4 nitrogen and oxygen atoms in total. The van der Waals surface area contributed by atoms with Gasteiger partial charge in [-0.2, -0.15) is 0 Å². The molecule has 1 N–H and O–H groups in total. The zero-order valence-electron chi connectivity index (χ0n) is 8.58. The van der Waals surface area contributed by atoms with Crippen molar-refractivity contribution in [1.29, 1.82) is 0 Å². The summed E-state index contributed by atoms with van der Waals surface area (Å²) in [7, 11) is 1.35. The van der Waals surface area contributed by atoms with E-state index in [1.165, 1.54) is 13.2 Å². The highest BCUT2D eigenvalue weighted by molar-refractivity contribution is 5.87. The molecule has 0 radical (unpaired) electrons. The maximum Gasteiger partial charge on any atom is 0.333 e. The van der Waals surface area contributed by atoms with Crippen LogP contribution in [0.3, 0.4) is 0 Å². The Bertz CT molecular complexity index is 204. The first kappa shape index (κ1) is 14.9. The molecule has 0 aliphatic heterocycles. The summed E-state index contributed by atoms with van der Waals surface area (Å²) in [5.41, 5.74) is 0.521. The van der Waals surface area contributed by atoms with Crippen LogP contribution in [-0.4, -0.2) is 24.2 Å². The van der Waals surface area contributed by atoms with Gasteiger partial charge in [0.05, 0.1) is 13.5 Å². The van der Waals surface area contributed by atoms with E-state index in [1.807, 2.05) is 6.92 Å². The van der Waals surface area contributed by atoms with Crippen LogP contribution < -0.4 is 0 Å². The van der Waals surface area contributed by atoms with Crippen LogP contribution in [-0.2, 0) is 14.3 Å². The van der Waals surface area contributed by atoms with Gasteiger partial charge in [0.2, 0.25) is 0 Å². The number of carbonyl (C=O) groups is 2. The number of hydrogen-bond acceptors (Lipinski definition) is 3. The van der Waals surface area contributed by atoms with Crippen LogP contribution in [0, 0.1) is 0 Å². The number of carboxylic acid groups (broad SMARTS) is 1. The Morgan fingerprint density at radius 3 is 2.07 bits per heavy atom. The summed E-state index contributed by atoms with van der Waals surface area (Å²) in [4.78, 5) is 19.9. The summed E-state index contributed by atoms with van der Waals surface area (Å²) in [6, 6.07) is 0. The van der Waals surface area contributed by atoms with Gasteiger partial charge in [-0.05, 0) is 6.42 Å². The second-order valence-electron chi connectivity index (χ2n) is 2.34. The molecule has 0 aliphatic carbocycles. The normalized spacial score (nSPS) is 7.86. The fourth-order valence-electron chi connectivity index (χ4n) is 0.412. The second kappa shape index (κ2) is 9.51. The molecule has 0 rings (SSSR count). The van der Waals surface area contributed by atoms with Crippen molar-refractivity contribution in [2.45, 2.75) is 19.8 Å². The fraction of sp³-hybridized carbons (Fsp3) is 0.400. The number of ether oxygens (including phenoxy) is 1. The number of aliphatic carboxylic acids is 1. The SMILES string of the molecule is C=C(CC)C(=O)OC.C=CCC(=O)O. The Balaban J connectivity index is 0. The van der Waals surface area contributed by atoms with Crippen molar-refractivity contribution in [3.05, 3.63) is 24.8 Å². The van der Waals surface area contributed by atoms with Crippen LogP contribution in [0.25, 0.3) is 0 Å². The summed E-state index contributed by atoms with van der Waals surface area (Å²) in [5, 5.41) is 7.84. The van der Waals surface area contributed by atoms with Gasteiger partial charge in [-0.15, -0.1) is 6.58 Å². The van der Waals surface area contributed by atoms with Crippen molar-refractivity contribution >= 4 is 11.9 Å². The van der Waals surface area contributed by atoms with Crippen molar-refractivity contribution in [2.75, 3.05) is 7.11 Å². The highest BCUT2D eigenvalue weighted by atomic mass is 16.5. The molecule has 0 spiro atoms. The van der Waals surface area contributed by atoms with E-state index < -0.39 is 5.97 Å². The van der Waals surface area contributed by atoms with E-state index in [2.05, 4.69) is 17.9 Å². The Morgan fingerprint density at radius 2 is 2.00 bits per heavy atom. The molecule has 0 saturated carbocycles. The largest absolute Gasteiger partial charge is 0.481 e. The van der Waals surface area contributed by atoms with Crippen molar-refractivity contribution in [3.63, 3.8) is 0 Å². The van der Waals surface area contributed by atoms with Gasteiger partial charge in [-0.25, -0.2) is 4.79 Å². The maximum absolute atomic E-state index is 10.4. The average Bonchev–Trinajstić information content (AvgIpc) is 2.16. The molecule has 0 aromatic carbocycles. The Labute approximate surface area is 83.9 Å². The smallest absolute Gasteiger partial charge is 0.333 e. The van der Waals surface area contributed by atoms with Crippen molar-refractivity contribution in [3.8, 4) is 0 Å². The first-order chi connectivity index (χ1) is 6.49. The highest BCUT2D eigenvalue weighted by Gasteiger charge is 2.00. The van der Waals surface area contributed by atoms with Crippen molar-refractivity contribution in [2.24, 2.45) is 0 Å². The van der Waals surface area contributed by atoms with Crippen molar-refractivity contribution < 1.29 is 19.4 Å². The van der Waals surface area contributed by atoms with Gasteiger partial charge < -0.3 is 9.84 Å². The monoisotopic (exact) mass is 200 g/mol. The maximum atomic E-state index is 10.4. The molecule has 0 aliphatic rings. The van der Waals surface area contributed by atoms with Gasteiger partial charge in [0.25, 0.3) is 0 Å². The zero-order valence-corrected chi connectivity index (χ0v) is 8.58. The Kier molecular flexibility index (Phi) is 10.1. The van der Waals surface area contributed by atoms with Gasteiger partial charge in [0.15, 0.2) is 0 Å². The molecule has 14 heavy (non-hydrogen) atoms. The van der Waals surface area contributed by atoms with Crippen molar-refractivity contribution in [1.82, 2.24) is 0 Å². The van der Waals surface area contributed by atoms with E-state index in [-0.39, 0.29) is 12.4 Å². The molecule has 0 saturated heterocycles. The zero-order chi connectivity index (χ0) is 11.6. The van der Waals surface area contributed by atoms with E-state index >= 15 is 0 Å². The van der Waals surface area contributed by atoms with Gasteiger partial charge in [-0.3, -0.25) is 4.79 Å². The van der Waals surface area contributed by atoms with Crippen LogP contribution >= 0.6 is 0 Å². The lowest BCUT2D eigenvalue weighted by Crippen LogP contribution is -2.01. The predicted molar refractivity (Wildman–Crippen MR) is 53.9 cm³/mol. The summed E-state index contributed by atoms with van der Waals surface area (Å²) < 4.78 is 4.36. The van der Waals surface area contributed by atoms with Crippen LogP contribution in [0.2, 0.25) is 0 Å². The number of rotatable bonds is 4. The highest BCUT2D eigenvalue weighted by Crippen LogP contribution is 1.96. The minimum Gasteiger partial charge on any atom is -0.481 e. The second-order valence-corrected chi connectivity index (χ2v) is 2.34. The first-order valence-electron chi connectivity index (χ1n) is 4.08. The number of carboxylic acids is 1. The predicted octanol–water partition coefficient (Wildman–Crippen LogP) is 1.77. The van der Waals surface area contributed by atoms with Crippen LogP contribution in [0.4, 0.5) is 0 Å². The van der Waals surface area contributed by atoms with E-state index in [0.717, 1.165) is 0 Å². The summed E-state index contributed by atoms with van der Waals surface area (Å²) in [6.45, 7) is 8.55. The molecule has 4 heteroatoms. The lowest BCUT2D eigenvalue weighted by molar-refractivity contribution is -0.137. The van der Waals surface area contributed by atoms with Gasteiger partial charge in [0.1, 0.15) is 0 Å². The summed E-state index contributed by atoms with van der Waals surface area (Å²) >= 11 is 0. The molecule has 0 fully saturated rings. The molecule has 0 atom stereocenters. The number of methoxy groups -OCH3 is 1. The molecule has 0 aromatic heterocycles. The molecule has 80 valence electrons. The molecule has 0 bridgehead atoms. The molecular formula is C10H16O4. The third-order valence-electron chi connectivity index (χ3n) is 1.22. The quantitative estimate of drug-likeness (QED) is 0.427. The number of carbonyl (C=O) groups excluding carboxylic acids is 1. The first-order valence-corrected chi connectivity index (χ1v) is 4.08. The van der Waals surface area contributed by atoms with E-state index in [9.17, 15) is 9.59 Å². The van der Waals surface area contributed by atoms with E-state index in [1.54, 1.807) is 0 Å². The topological polar surface area (TPSA) is 63.6 Å². The van der Waals surface area contributed by atoms with E-state index in [0.29, 0.717) is 12.0 Å². The number of esters is 1. The van der Waals surface area contributed by atoms with Crippen LogP contribution in [0.15, 0.2) is 24.8 Å². The third-order valence-corrected chi connectivity index (χ3v) is 1.22. The van der Waals surface area contributed by atoms with Gasteiger partial charge in [-0.1, -0.05) is 19.6 Å². The molecule has 0 aromatic rings. The van der Waals surface area contributed by atoms with Gasteiger partial charge >= 0.3 is 11.9 Å². The molecule has 0 heterocycles. The Morgan fingerprint density at radius 1 is 1.50 bits per heavy atom. The fourth-order valence-corrected chi connectivity index (χ4v) is 0.412. The average molecular weight is 200 g/mol. The molecule has 0 amide bonds. The lowest BCUT2D eigenvalue weighted by Gasteiger charge is -1.95. The number of hydrogen-bond donors (Lipinski definition) is 1. The Hall–Kier alpha value is -1.58. The minimum absolute atomic E-state index is 0.0556. The van der Waals surface area contributed by atoms with Crippen LogP contribution in [0.5, 0.6) is 0 Å². The minimum atomic E-state index is -0.829. The van der Waals surface area contributed by atoms with E-state index in [4.69, 9.17) is 5.11 Å². The third kappa shape index (κ3) is 10.4. The van der Waals surface area contributed by atoms with Gasteiger partial charge in [0, 0.05) is 5.57 Å². The summed E-state index contributed by atoms with van der Waals surface area (Å²) in [6.07, 6.45) is 2.06.